The van der Waals surface area contributed by atoms with Crippen LogP contribution >= 0.6 is 0 Å². The molecule has 1 aromatic heterocycles. The van der Waals surface area contributed by atoms with Crippen molar-refractivity contribution in [3.05, 3.63) is 24.3 Å². The smallest absolute Gasteiger partial charge is 0.242 e. The molecule has 3 rings (SSSR count). The highest BCUT2D eigenvalue weighted by Gasteiger charge is 2.27. The lowest BCUT2D eigenvalue weighted by Crippen LogP contribution is -2.50. The number of rotatable bonds is 5. The molecule has 2 aliphatic heterocycles. The minimum atomic E-state index is 0.0208. The predicted molar refractivity (Wildman–Crippen MR) is 91.7 cm³/mol. The van der Waals surface area contributed by atoms with E-state index in [-0.39, 0.29) is 24.5 Å². The average molecular weight is 346 g/mol. The standard InChI is InChI=1S/C18H26N4O3/c23-17-4-2-1-3-9-21(17)13-18(24)22-10-11-25-16(12-22)6-5-15-7-8-19-14-20-15/h7-8,14,16H,1-6,9-13H2. The lowest BCUT2D eigenvalue weighted by atomic mass is 10.1. The fraction of sp³-hybridized carbons (Fsp3) is 0.667. The van der Waals surface area contributed by atoms with Gasteiger partial charge in [0.25, 0.3) is 0 Å². The third-order valence-electron chi connectivity index (χ3n) is 4.85. The van der Waals surface area contributed by atoms with Gasteiger partial charge in [-0.05, 0) is 31.7 Å². The first-order chi connectivity index (χ1) is 12.2. The van der Waals surface area contributed by atoms with Gasteiger partial charge in [0, 0.05) is 37.9 Å². The minimum absolute atomic E-state index is 0.0208. The molecular formula is C18H26N4O3. The van der Waals surface area contributed by atoms with Gasteiger partial charge in [0.1, 0.15) is 6.33 Å². The molecule has 1 unspecified atom stereocenters. The molecule has 2 aliphatic rings. The number of carbonyl (C=O) groups excluding carboxylic acids is 2. The average Bonchev–Trinajstić information content (AvgIpc) is 2.85. The maximum atomic E-state index is 12.6. The summed E-state index contributed by atoms with van der Waals surface area (Å²) < 4.78 is 5.79. The van der Waals surface area contributed by atoms with Crippen LogP contribution in [0.4, 0.5) is 0 Å². The van der Waals surface area contributed by atoms with Crippen LogP contribution in [0, 0.1) is 0 Å². The molecular weight excluding hydrogens is 320 g/mol. The summed E-state index contributed by atoms with van der Waals surface area (Å²) in [5, 5.41) is 0. The molecule has 1 aromatic rings. The fourth-order valence-corrected chi connectivity index (χ4v) is 3.36. The summed E-state index contributed by atoms with van der Waals surface area (Å²) in [5.74, 6) is 0.144. The van der Waals surface area contributed by atoms with Gasteiger partial charge in [-0.1, -0.05) is 6.42 Å². The molecule has 136 valence electrons. The van der Waals surface area contributed by atoms with Gasteiger partial charge in [0.15, 0.2) is 0 Å². The van der Waals surface area contributed by atoms with E-state index in [4.69, 9.17) is 4.74 Å². The third kappa shape index (κ3) is 5.22. The molecule has 25 heavy (non-hydrogen) atoms. The van der Waals surface area contributed by atoms with E-state index < -0.39 is 0 Å². The number of amides is 2. The Labute approximate surface area is 148 Å². The molecule has 0 saturated carbocycles. The molecule has 0 bridgehead atoms. The highest BCUT2D eigenvalue weighted by Crippen LogP contribution is 2.14. The minimum Gasteiger partial charge on any atom is -0.375 e. The van der Waals surface area contributed by atoms with Crippen LogP contribution < -0.4 is 0 Å². The third-order valence-corrected chi connectivity index (χ3v) is 4.85. The van der Waals surface area contributed by atoms with E-state index in [1.807, 2.05) is 11.0 Å². The molecule has 0 radical (unpaired) electrons. The zero-order chi connectivity index (χ0) is 17.5. The van der Waals surface area contributed by atoms with Crippen LogP contribution in [-0.2, 0) is 20.7 Å². The Morgan fingerprint density at radius 3 is 3.04 bits per heavy atom. The van der Waals surface area contributed by atoms with Gasteiger partial charge >= 0.3 is 0 Å². The molecule has 2 saturated heterocycles. The van der Waals surface area contributed by atoms with Crippen molar-refractivity contribution in [1.82, 2.24) is 19.8 Å². The van der Waals surface area contributed by atoms with Gasteiger partial charge < -0.3 is 14.5 Å². The van der Waals surface area contributed by atoms with E-state index in [2.05, 4.69) is 9.97 Å². The number of aryl methyl sites for hydroxylation is 1. The summed E-state index contributed by atoms with van der Waals surface area (Å²) in [7, 11) is 0. The van der Waals surface area contributed by atoms with Crippen LogP contribution in [0.3, 0.4) is 0 Å². The first-order valence-electron chi connectivity index (χ1n) is 9.14. The SMILES string of the molecule is O=C1CCCCCN1CC(=O)N1CCOC(CCc2ccncn2)C1. The van der Waals surface area contributed by atoms with Gasteiger partial charge in [-0.15, -0.1) is 0 Å². The zero-order valence-corrected chi connectivity index (χ0v) is 14.6. The number of nitrogens with zero attached hydrogens (tertiary/aromatic N) is 4. The maximum Gasteiger partial charge on any atom is 0.242 e. The zero-order valence-electron chi connectivity index (χ0n) is 14.6. The molecule has 0 aromatic carbocycles. The largest absolute Gasteiger partial charge is 0.375 e. The molecule has 2 fully saturated rings. The van der Waals surface area contributed by atoms with Crippen LogP contribution in [-0.4, -0.2) is 70.5 Å². The Kier molecular flexibility index (Phi) is 6.33. The summed E-state index contributed by atoms with van der Waals surface area (Å²) in [4.78, 5) is 36.4. The Bertz CT molecular complexity index is 581. The van der Waals surface area contributed by atoms with Crippen LogP contribution in [0.5, 0.6) is 0 Å². The second-order valence-electron chi connectivity index (χ2n) is 6.70. The van der Waals surface area contributed by atoms with Crippen molar-refractivity contribution < 1.29 is 14.3 Å². The van der Waals surface area contributed by atoms with Crippen molar-refractivity contribution in [2.75, 3.05) is 32.8 Å². The topological polar surface area (TPSA) is 75.6 Å². The molecule has 7 heteroatoms. The highest BCUT2D eigenvalue weighted by atomic mass is 16.5. The van der Waals surface area contributed by atoms with E-state index in [0.717, 1.165) is 37.8 Å². The molecule has 7 nitrogen and oxygen atoms in total. The highest BCUT2D eigenvalue weighted by molar-refractivity contribution is 5.85. The number of aromatic nitrogens is 2. The summed E-state index contributed by atoms with van der Waals surface area (Å²) in [6, 6.07) is 1.90. The van der Waals surface area contributed by atoms with Crippen LogP contribution in [0.2, 0.25) is 0 Å². The monoisotopic (exact) mass is 346 g/mol. The summed E-state index contributed by atoms with van der Waals surface area (Å²) in [5.41, 5.74) is 0.984. The van der Waals surface area contributed by atoms with Crippen molar-refractivity contribution in [1.29, 1.82) is 0 Å². The van der Waals surface area contributed by atoms with Gasteiger partial charge in [0.05, 0.1) is 19.3 Å². The predicted octanol–water partition coefficient (Wildman–Crippen LogP) is 1.04. The second-order valence-corrected chi connectivity index (χ2v) is 6.70. The number of hydrogen-bond donors (Lipinski definition) is 0. The molecule has 0 N–H and O–H groups in total. The normalized spacial score (nSPS) is 21.9. The second kappa shape index (κ2) is 8.89. The molecule has 3 heterocycles. The number of likely N-dealkylation sites (tertiary alicyclic amines) is 1. The van der Waals surface area contributed by atoms with Gasteiger partial charge in [-0.25, -0.2) is 9.97 Å². The first-order valence-corrected chi connectivity index (χ1v) is 9.14. The summed E-state index contributed by atoms with van der Waals surface area (Å²) in [6.45, 7) is 2.65. The van der Waals surface area contributed by atoms with Crippen LogP contribution in [0.25, 0.3) is 0 Å². The molecule has 2 amide bonds. The summed E-state index contributed by atoms with van der Waals surface area (Å²) in [6.07, 6.45) is 8.49. The van der Waals surface area contributed by atoms with Crippen molar-refractivity contribution >= 4 is 11.8 Å². The van der Waals surface area contributed by atoms with E-state index in [9.17, 15) is 9.59 Å². The Balaban J connectivity index is 1.48. The number of hydrogen-bond acceptors (Lipinski definition) is 5. The molecule has 1 atom stereocenters. The van der Waals surface area contributed by atoms with E-state index >= 15 is 0 Å². The Morgan fingerprint density at radius 1 is 1.28 bits per heavy atom. The van der Waals surface area contributed by atoms with Crippen molar-refractivity contribution in [3.8, 4) is 0 Å². The number of carbonyl (C=O) groups is 2. The molecule has 0 spiro atoms. The van der Waals surface area contributed by atoms with E-state index in [1.54, 1.807) is 17.4 Å². The van der Waals surface area contributed by atoms with Crippen LogP contribution in [0.1, 0.15) is 37.8 Å². The van der Waals surface area contributed by atoms with Crippen molar-refractivity contribution in [3.63, 3.8) is 0 Å². The lowest BCUT2D eigenvalue weighted by Gasteiger charge is -2.34. The van der Waals surface area contributed by atoms with Crippen molar-refractivity contribution in [2.24, 2.45) is 0 Å². The fourth-order valence-electron chi connectivity index (χ4n) is 3.36. The number of morpholine rings is 1. The quantitative estimate of drug-likeness (QED) is 0.796. The molecule has 0 aliphatic carbocycles. The lowest BCUT2D eigenvalue weighted by molar-refractivity contribution is -0.145. The Morgan fingerprint density at radius 2 is 2.20 bits per heavy atom. The van der Waals surface area contributed by atoms with Gasteiger partial charge in [-0.2, -0.15) is 0 Å². The maximum absolute atomic E-state index is 12.6. The Hall–Kier alpha value is -2.02. The van der Waals surface area contributed by atoms with Gasteiger partial charge in [-0.3, -0.25) is 9.59 Å². The summed E-state index contributed by atoms with van der Waals surface area (Å²) >= 11 is 0. The van der Waals surface area contributed by atoms with Gasteiger partial charge in [0.2, 0.25) is 11.8 Å². The van der Waals surface area contributed by atoms with Crippen LogP contribution in [0.15, 0.2) is 18.6 Å². The first kappa shape index (κ1) is 17.8. The van der Waals surface area contributed by atoms with E-state index in [1.165, 1.54) is 0 Å². The number of ether oxygens (including phenoxy) is 1. The van der Waals surface area contributed by atoms with E-state index in [0.29, 0.717) is 32.7 Å². The van der Waals surface area contributed by atoms with Crippen molar-refractivity contribution in [2.45, 2.75) is 44.6 Å².